The first-order valence-electron chi connectivity index (χ1n) is 10.7. The number of carbonyl (C=O) groups excluding carboxylic acids is 3. The molecule has 2 aromatic rings. The van der Waals surface area contributed by atoms with E-state index in [4.69, 9.17) is 39.5 Å². The van der Waals surface area contributed by atoms with E-state index in [0.717, 1.165) is 4.90 Å². The van der Waals surface area contributed by atoms with E-state index in [1.807, 2.05) is 0 Å². The normalized spacial score (nSPS) is 31.8. The highest BCUT2D eigenvalue weighted by Gasteiger charge is 2.75. The molecule has 0 saturated carbocycles. The van der Waals surface area contributed by atoms with Crippen LogP contribution in [0.1, 0.15) is 12.0 Å². The summed E-state index contributed by atoms with van der Waals surface area (Å²) in [5.41, 5.74) is -0.467. The standard InChI is InChI=1S/C23H18Cl3N3O5/c1-34-13-3-9(24)2-11(6-13)29-20(31)17-16-7-12(30)8-28(16)23(18(17)21(29)32)14-4-10(25)5-15(26)19(14)27-22(23)33/h2-6,12,16-18,30H,7-8H2,1H3,(H,27,33)/t12-,16?,17?,18?,23?/m0/s1. The van der Waals surface area contributed by atoms with Gasteiger partial charge in [-0.1, -0.05) is 34.8 Å². The highest BCUT2D eigenvalue weighted by molar-refractivity contribution is 6.38. The van der Waals surface area contributed by atoms with Gasteiger partial charge < -0.3 is 15.2 Å². The topological polar surface area (TPSA) is 99.2 Å². The van der Waals surface area contributed by atoms with Crippen molar-refractivity contribution in [3.05, 3.63) is 51.0 Å². The predicted molar refractivity (Wildman–Crippen MR) is 125 cm³/mol. The smallest absolute Gasteiger partial charge is 0.250 e. The van der Waals surface area contributed by atoms with Crippen LogP contribution in [0.25, 0.3) is 0 Å². The van der Waals surface area contributed by atoms with Gasteiger partial charge in [-0.25, -0.2) is 4.90 Å². The first-order valence-corrected chi connectivity index (χ1v) is 11.8. The van der Waals surface area contributed by atoms with Crippen LogP contribution in [0.4, 0.5) is 11.4 Å². The number of imide groups is 1. The molecule has 11 heteroatoms. The Morgan fingerprint density at radius 3 is 2.53 bits per heavy atom. The number of halogens is 3. The lowest BCUT2D eigenvalue weighted by atomic mass is 9.75. The Morgan fingerprint density at radius 2 is 1.79 bits per heavy atom. The molecule has 1 spiro atoms. The monoisotopic (exact) mass is 521 g/mol. The van der Waals surface area contributed by atoms with Gasteiger partial charge in [0.05, 0.1) is 41.4 Å². The van der Waals surface area contributed by atoms with E-state index >= 15 is 0 Å². The summed E-state index contributed by atoms with van der Waals surface area (Å²) in [5, 5.41) is 14.1. The molecule has 0 aliphatic carbocycles. The number of aliphatic hydroxyl groups is 1. The van der Waals surface area contributed by atoms with E-state index in [-0.39, 0.29) is 23.7 Å². The van der Waals surface area contributed by atoms with Crippen LogP contribution in [0.3, 0.4) is 0 Å². The number of benzene rings is 2. The van der Waals surface area contributed by atoms with E-state index in [9.17, 15) is 19.5 Å². The molecule has 3 saturated heterocycles. The summed E-state index contributed by atoms with van der Waals surface area (Å²) in [6.07, 6.45) is -0.497. The zero-order chi connectivity index (χ0) is 24.1. The minimum absolute atomic E-state index is 0.139. The van der Waals surface area contributed by atoms with Crippen LogP contribution >= 0.6 is 34.8 Å². The summed E-state index contributed by atoms with van der Waals surface area (Å²) >= 11 is 18.9. The molecule has 3 fully saturated rings. The Kier molecular flexibility index (Phi) is 4.76. The summed E-state index contributed by atoms with van der Waals surface area (Å²) in [7, 11) is 1.46. The molecule has 8 nitrogen and oxygen atoms in total. The molecule has 0 radical (unpaired) electrons. The van der Waals surface area contributed by atoms with Crippen LogP contribution in [0.5, 0.6) is 5.75 Å². The van der Waals surface area contributed by atoms with Crippen LogP contribution < -0.4 is 15.0 Å². The maximum absolute atomic E-state index is 14.0. The van der Waals surface area contributed by atoms with Gasteiger partial charge in [-0.2, -0.15) is 0 Å². The van der Waals surface area contributed by atoms with Crippen LogP contribution in [0.15, 0.2) is 30.3 Å². The molecule has 176 valence electrons. The van der Waals surface area contributed by atoms with Crippen LogP contribution in [-0.4, -0.2) is 53.5 Å². The number of nitrogens with one attached hydrogen (secondary N) is 1. The molecule has 2 N–H and O–H groups in total. The van der Waals surface area contributed by atoms with Gasteiger partial charge in [0.1, 0.15) is 11.3 Å². The van der Waals surface area contributed by atoms with Gasteiger partial charge >= 0.3 is 0 Å². The van der Waals surface area contributed by atoms with Gasteiger partial charge in [0.15, 0.2) is 0 Å². The van der Waals surface area contributed by atoms with Gasteiger partial charge in [0.25, 0.3) is 5.91 Å². The third kappa shape index (κ3) is 2.66. The molecule has 4 unspecified atom stereocenters. The number of hydrogen-bond acceptors (Lipinski definition) is 6. The molecule has 3 amide bonds. The van der Waals surface area contributed by atoms with Crippen molar-refractivity contribution in [1.82, 2.24) is 4.90 Å². The van der Waals surface area contributed by atoms with E-state index in [0.29, 0.717) is 27.0 Å². The Balaban J connectivity index is 1.57. The zero-order valence-corrected chi connectivity index (χ0v) is 20.0. The number of rotatable bonds is 2. The van der Waals surface area contributed by atoms with Crippen molar-refractivity contribution >= 4 is 63.9 Å². The Morgan fingerprint density at radius 1 is 1.06 bits per heavy atom. The van der Waals surface area contributed by atoms with Crippen molar-refractivity contribution < 1.29 is 24.2 Å². The van der Waals surface area contributed by atoms with Gasteiger partial charge in [-0.3, -0.25) is 19.3 Å². The van der Waals surface area contributed by atoms with Gasteiger partial charge in [0, 0.05) is 34.3 Å². The van der Waals surface area contributed by atoms with E-state index < -0.39 is 47.2 Å². The van der Waals surface area contributed by atoms with Gasteiger partial charge in [-0.15, -0.1) is 0 Å². The second kappa shape index (κ2) is 7.32. The number of methoxy groups -OCH3 is 1. The maximum Gasteiger partial charge on any atom is 0.250 e. The molecule has 34 heavy (non-hydrogen) atoms. The fourth-order valence-corrected chi connectivity index (χ4v) is 7.02. The number of aliphatic hydroxyl groups excluding tert-OH is 1. The molecule has 5 atom stereocenters. The number of ether oxygens (including phenoxy) is 1. The van der Waals surface area contributed by atoms with Crippen LogP contribution in [0, 0.1) is 11.8 Å². The SMILES string of the molecule is COc1cc(Cl)cc(N2C(=O)C3C4C[C@H](O)CN4C4(C(=O)Nc5c(Cl)cc(Cl)cc54)C3C2=O)c1. The molecular formula is C23H18Cl3N3O5. The Hall–Kier alpha value is -2.36. The second-order valence-electron chi connectivity index (χ2n) is 9.00. The highest BCUT2D eigenvalue weighted by Crippen LogP contribution is 2.61. The summed E-state index contributed by atoms with van der Waals surface area (Å²) in [5.74, 6) is -2.93. The average Bonchev–Trinajstić information content (AvgIpc) is 3.44. The number of anilines is 2. The minimum Gasteiger partial charge on any atom is -0.497 e. The number of fused-ring (bicyclic) bond motifs is 7. The highest BCUT2D eigenvalue weighted by atomic mass is 35.5. The molecule has 4 aliphatic rings. The van der Waals surface area contributed by atoms with Crippen LogP contribution in [-0.2, 0) is 19.9 Å². The Bertz CT molecular complexity index is 1300. The fourth-order valence-electron chi connectivity index (χ4n) is 6.26. The average molecular weight is 523 g/mol. The van der Waals surface area contributed by atoms with Crippen molar-refractivity contribution in [2.45, 2.75) is 24.1 Å². The second-order valence-corrected chi connectivity index (χ2v) is 10.3. The number of nitrogens with zero attached hydrogens (tertiary/aromatic N) is 2. The summed E-state index contributed by atoms with van der Waals surface area (Å²) < 4.78 is 5.26. The largest absolute Gasteiger partial charge is 0.497 e. The lowest BCUT2D eigenvalue weighted by Crippen LogP contribution is -2.54. The van der Waals surface area contributed by atoms with E-state index in [1.165, 1.54) is 19.2 Å². The third-order valence-electron chi connectivity index (χ3n) is 7.39. The lowest BCUT2D eigenvalue weighted by Gasteiger charge is -2.36. The van der Waals surface area contributed by atoms with Crippen molar-refractivity contribution in [3.63, 3.8) is 0 Å². The fraction of sp³-hybridized carbons (Fsp3) is 0.348. The van der Waals surface area contributed by atoms with Crippen molar-refractivity contribution in [2.24, 2.45) is 11.8 Å². The molecule has 4 heterocycles. The molecule has 4 aliphatic heterocycles. The first kappa shape index (κ1) is 22.1. The molecule has 0 aromatic heterocycles. The van der Waals surface area contributed by atoms with Crippen molar-refractivity contribution in [3.8, 4) is 5.75 Å². The first-order chi connectivity index (χ1) is 16.2. The van der Waals surface area contributed by atoms with Crippen molar-refractivity contribution in [2.75, 3.05) is 23.9 Å². The minimum atomic E-state index is -1.53. The lowest BCUT2D eigenvalue weighted by molar-refractivity contribution is -0.135. The molecule has 0 bridgehead atoms. The molecule has 6 rings (SSSR count). The zero-order valence-electron chi connectivity index (χ0n) is 17.7. The van der Waals surface area contributed by atoms with Crippen molar-refractivity contribution in [1.29, 1.82) is 0 Å². The molecule has 2 aromatic carbocycles. The maximum atomic E-state index is 14.0. The van der Waals surface area contributed by atoms with E-state index in [1.54, 1.807) is 23.1 Å². The summed E-state index contributed by atoms with van der Waals surface area (Å²) in [6.45, 7) is 0.139. The number of hydrogen-bond donors (Lipinski definition) is 2. The number of amides is 3. The van der Waals surface area contributed by atoms with Gasteiger partial charge in [0.2, 0.25) is 11.8 Å². The number of carbonyl (C=O) groups is 3. The predicted octanol–water partition coefficient (Wildman–Crippen LogP) is 3.06. The summed E-state index contributed by atoms with van der Waals surface area (Å²) in [4.78, 5) is 44.3. The van der Waals surface area contributed by atoms with Crippen LogP contribution in [0.2, 0.25) is 15.1 Å². The quantitative estimate of drug-likeness (QED) is 0.588. The third-order valence-corrected chi connectivity index (χ3v) is 8.12. The van der Waals surface area contributed by atoms with Gasteiger partial charge in [-0.05, 0) is 30.7 Å². The van der Waals surface area contributed by atoms with E-state index in [2.05, 4.69) is 5.32 Å². The molecular weight excluding hydrogens is 505 g/mol. The summed E-state index contributed by atoms with van der Waals surface area (Å²) in [6, 6.07) is 7.22. The Labute approximate surface area is 209 Å².